The van der Waals surface area contributed by atoms with Crippen molar-refractivity contribution < 1.29 is 14.6 Å². The van der Waals surface area contributed by atoms with Gasteiger partial charge in [-0.1, -0.05) is 0 Å². The van der Waals surface area contributed by atoms with Gasteiger partial charge in [-0.25, -0.2) is 0 Å². The Morgan fingerprint density at radius 3 is 2.58 bits per heavy atom. The highest BCUT2D eigenvalue weighted by molar-refractivity contribution is 4.97. The molecular formula is C15H29NO3. The molecule has 0 saturated carbocycles. The van der Waals surface area contributed by atoms with Crippen LogP contribution in [0.25, 0.3) is 0 Å². The van der Waals surface area contributed by atoms with Crippen molar-refractivity contribution >= 4 is 0 Å². The molecule has 0 bridgehead atoms. The molecule has 1 spiro atoms. The zero-order chi connectivity index (χ0) is 14.1. The third-order valence-electron chi connectivity index (χ3n) is 4.42. The van der Waals surface area contributed by atoms with Crippen molar-refractivity contribution in [2.45, 2.75) is 63.7 Å². The molecule has 2 saturated heterocycles. The summed E-state index contributed by atoms with van der Waals surface area (Å²) < 4.78 is 11.4. The first-order valence-electron chi connectivity index (χ1n) is 7.42. The molecule has 2 heterocycles. The van der Waals surface area contributed by atoms with E-state index in [2.05, 4.69) is 26.1 Å². The maximum Gasteiger partial charge on any atom is 0.0940 e. The minimum absolute atomic E-state index is 0.0311. The fraction of sp³-hybridized carbons (Fsp3) is 1.00. The van der Waals surface area contributed by atoms with Gasteiger partial charge in [0.05, 0.1) is 17.8 Å². The molecule has 0 aromatic rings. The van der Waals surface area contributed by atoms with E-state index in [0.717, 1.165) is 32.5 Å². The van der Waals surface area contributed by atoms with Crippen molar-refractivity contribution in [1.29, 1.82) is 0 Å². The Labute approximate surface area is 116 Å². The first-order chi connectivity index (χ1) is 8.73. The number of hydrogen-bond acceptors (Lipinski definition) is 4. The summed E-state index contributed by atoms with van der Waals surface area (Å²) >= 11 is 0. The lowest BCUT2D eigenvalue weighted by Crippen LogP contribution is -2.54. The van der Waals surface area contributed by atoms with Crippen molar-refractivity contribution in [3.63, 3.8) is 0 Å². The van der Waals surface area contributed by atoms with E-state index in [1.54, 1.807) is 0 Å². The summed E-state index contributed by atoms with van der Waals surface area (Å²) in [6, 6.07) is 0. The predicted octanol–water partition coefficient (Wildman–Crippen LogP) is 1.71. The molecule has 0 amide bonds. The molecule has 3 atom stereocenters. The molecule has 2 N–H and O–H groups in total. The maximum absolute atomic E-state index is 10.8. The number of hydrogen-bond donors (Lipinski definition) is 2. The average Bonchev–Trinajstić information content (AvgIpc) is 2.74. The molecule has 4 heteroatoms. The average molecular weight is 271 g/mol. The van der Waals surface area contributed by atoms with E-state index in [4.69, 9.17) is 9.47 Å². The van der Waals surface area contributed by atoms with Crippen LogP contribution in [0.15, 0.2) is 0 Å². The molecule has 112 valence electrons. The second-order valence-electron chi connectivity index (χ2n) is 7.48. The fourth-order valence-electron chi connectivity index (χ4n) is 3.01. The van der Waals surface area contributed by atoms with Crippen LogP contribution in [0, 0.1) is 5.92 Å². The smallest absolute Gasteiger partial charge is 0.0940 e. The van der Waals surface area contributed by atoms with Gasteiger partial charge in [-0.05, 0) is 46.5 Å². The van der Waals surface area contributed by atoms with Crippen molar-refractivity contribution in [1.82, 2.24) is 5.32 Å². The van der Waals surface area contributed by atoms with Gasteiger partial charge in [0.1, 0.15) is 0 Å². The van der Waals surface area contributed by atoms with Gasteiger partial charge in [-0.2, -0.15) is 0 Å². The van der Waals surface area contributed by atoms with E-state index >= 15 is 0 Å². The zero-order valence-electron chi connectivity index (χ0n) is 12.8. The summed E-state index contributed by atoms with van der Waals surface area (Å²) in [7, 11) is 0. The van der Waals surface area contributed by atoms with Gasteiger partial charge < -0.3 is 19.9 Å². The van der Waals surface area contributed by atoms with Crippen LogP contribution in [-0.4, -0.2) is 48.2 Å². The molecule has 0 aromatic heterocycles. The Balaban J connectivity index is 1.95. The first-order valence-corrected chi connectivity index (χ1v) is 7.42. The summed E-state index contributed by atoms with van der Waals surface area (Å²) in [5.41, 5.74) is -0.787. The van der Waals surface area contributed by atoms with E-state index in [-0.39, 0.29) is 17.1 Å². The Bertz CT molecular complexity index is 303. The van der Waals surface area contributed by atoms with E-state index < -0.39 is 5.60 Å². The van der Waals surface area contributed by atoms with Gasteiger partial charge in [0.15, 0.2) is 0 Å². The zero-order valence-corrected chi connectivity index (χ0v) is 12.8. The van der Waals surface area contributed by atoms with Crippen molar-refractivity contribution in [3.8, 4) is 0 Å². The topological polar surface area (TPSA) is 50.7 Å². The Morgan fingerprint density at radius 1 is 1.26 bits per heavy atom. The van der Waals surface area contributed by atoms with E-state index in [0.29, 0.717) is 13.2 Å². The maximum atomic E-state index is 10.8. The van der Waals surface area contributed by atoms with Gasteiger partial charge in [0.25, 0.3) is 0 Å². The van der Waals surface area contributed by atoms with Gasteiger partial charge in [-0.15, -0.1) is 0 Å². The van der Waals surface area contributed by atoms with Crippen molar-refractivity contribution in [3.05, 3.63) is 0 Å². The molecule has 2 aliphatic heterocycles. The third-order valence-corrected chi connectivity index (χ3v) is 4.42. The Kier molecular flexibility index (Phi) is 4.26. The van der Waals surface area contributed by atoms with Gasteiger partial charge >= 0.3 is 0 Å². The second kappa shape index (κ2) is 5.32. The highest BCUT2D eigenvalue weighted by atomic mass is 16.6. The van der Waals surface area contributed by atoms with Crippen LogP contribution in [0.5, 0.6) is 0 Å². The number of β-amino-alcohol motifs (C(OH)–C–C–N with tert-alkyl or cyclic N) is 1. The molecule has 0 aromatic carbocycles. The third kappa shape index (κ3) is 3.91. The first kappa shape index (κ1) is 15.2. The molecule has 0 radical (unpaired) electrons. The standard InChI is InChI=1S/C15H29NO3/c1-13(2,3)16-10-14(4,17)12-5-7-19-15(9-12)6-8-18-11-15/h12,16-17H,5-11H2,1-4H3. The molecule has 2 aliphatic rings. The fourth-order valence-corrected chi connectivity index (χ4v) is 3.01. The predicted molar refractivity (Wildman–Crippen MR) is 75.2 cm³/mol. The summed E-state index contributed by atoms with van der Waals surface area (Å²) in [6.45, 7) is 11.2. The quantitative estimate of drug-likeness (QED) is 0.820. The summed E-state index contributed by atoms with van der Waals surface area (Å²) in [5.74, 6) is 0.276. The van der Waals surface area contributed by atoms with Gasteiger partial charge in [0, 0.05) is 31.7 Å². The van der Waals surface area contributed by atoms with Crippen molar-refractivity contribution in [2.75, 3.05) is 26.4 Å². The Hall–Kier alpha value is -0.160. The SMILES string of the molecule is CC(C)(C)NCC(C)(O)C1CCOC2(CCOC2)C1. The van der Waals surface area contributed by atoms with Crippen LogP contribution in [0.3, 0.4) is 0 Å². The summed E-state index contributed by atoms with van der Waals surface area (Å²) in [4.78, 5) is 0. The minimum atomic E-state index is -0.688. The molecular weight excluding hydrogens is 242 g/mol. The monoisotopic (exact) mass is 271 g/mol. The number of ether oxygens (including phenoxy) is 2. The normalized spacial score (nSPS) is 35.5. The summed E-state index contributed by atoms with van der Waals surface area (Å²) in [5, 5.41) is 14.2. The van der Waals surface area contributed by atoms with E-state index in [1.165, 1.54) is 0 Å². The van der Waals surface area contributed by atoms with Crippen LogP contribution in [0.2, 0.25) is 0 Å². The lowest BCUT2D eigenvalue weighted by molar-refractivity contribution is -0.138. The lowest BCUT2D eigenvalue weighted by atomic mass is 9.76. The van der Waals surface area contributed by atoms with Crippen LogP contribution in [-0.2, 0) is 9.47 Å². The molecule has 0 aliphatic carbocycles. The minimum Gasteiger partial charge on any atom is -0.389 e. The van der Waals surface area contributed by atoms with Crippen LogP contribution >= 0.6 is 0 Å². The molecule has 3 unspecified atom stereocenters. The van der Waals surface area contributed by atoms with E-state index in [9.17, 15) is 5.11 Å². The molecule has 4 nitrogen and oxygen atoms in total. The number of aliphatic hydroxyl groups is 1. The van der Waals surface area contributed by atoms with Crippen LogP contribution < -0.4 is 5.32 Å². The van der Waals surface area contributed by atoms with Gasteiger partial charge in [0.2, 0.25) is 0 Å². The van der Waals surface area contributed by atoms with Crippen LogP contribution in [0.4, 0.5) is 0 Å². The lowest BCUT2D eigenvalue weighted by Gasteiger charge is -2.44. The second-order valence-corrected chi connectivity index (χ2v) is 7.48. The number of nitrogens with one attached hydrogen (secondary N) is 1. The van der Waals surface area contributed by atoms with E-state index in [1.807, 2.05) is 6.92 Å². The summed E-state index contributed by atoms with van der Waals surface area (Å²) in [6.07, 6.45) is 2.80. The molecule has 2 rings (SSSR count). The molecule has 2 fully saturated rings. The van der Waals surface area contributed by atoms with Crippen LogP contribution in [0.1, 0.15) is 47.0 Å². The highest BCUT2D eigenvalue weighted by Crippen LogP contribution is 2.40. The Morgan fingerprint density at radius 2 is 2.00 bits per heavy atom. The molecule has 19 heavy (non-hydrogen) atoms. The van der Waals surface area contributed by atoms with Crippen molar-refractivity contribution in [2.24, 2.45) is 5.92 Å². The highest BCUT2D eigenvalue weighted by Gasteiger charge is 2.46. The largest absolute Gasteiger partial charge is 0.389 e. The number of rotatable bonds is 3. The van der Waals surface area contributed by atoms with Gasteiger partial charge in [-0.3, -0.25) is 0 Å².